The summed E-state index contributed by atoms with van der Waals surface area (Å²) < 4.78 is 8.91. The van der Waals surface area contributed by atoms with E-state index in [9.17, 15) is 9.90 Å². The van der Waals surface area contributed by atoms with Crippen LogP contribution in [0, 0.1) is 5.92 Å². The lowest BCUT2D eigenvalue weighted by molar-refractivity contribution is 0.220. The summed E-state index contributed by atoms with van der Waals surface area (Å²) in [4.78, 5) is 16.0. The van der Waals surface area contributed by atoms with Crippen molar-refractivity contribution in [2.75, 3.05) is 12.9 Å². The van der Waals surface area contributed by atoms with Crippen molar-refractivity contribution in [3.8, 4) is 11.4 Å². The van der Waals surface area contributed by atoms with E-state index in [4.69, 9.17) is 4.74 Å². The monoisotopic (exact) mass is 456 g/mol. The number of hydrogen-bond acceptors (Lipinski definition) is 7. The number of hydrogen-bond donors (Lipinski definition) is 1. The topological polar surface area (TPSA) is 81.7 Å². The van der Waals surface area contributed by atoms with Crippen LogP contribution in [0.2, 0.25) is 0 Å². The van der Waals surface area contributed by atoms with Gasteiger partial charge < -0.3 is 9.84 Å². The molecule has 1 aromatic carbocycles. The van der Waals surface area contributed by atoms with E-state index in [2.05, 4.69) is 17.1 Å². The van der Waals surface area contributed by atoms with Crippen LogP contribution < -0.4 is 10.3 Å². The van der Waals surface area contributed by atoms with E-state index in [1.54, 1.807) is 29.9 Å². The molecule has 1 N–H and O–H groups in total. The third-order valence-corrected chi connectivity index (χ3v) is 8.12. The van der Waals surface area contributed by atoms with Crippen LogP contribution in [0.25, 0.3) is 21.7 Å². The van der Waals surface area contributed by atoms with Gasteiger partial charge >= 0.3 is 0 Å². The predicted molar refractivity (Wildman–Crippen MR) is 124 cm³/mol. The van der Waals surface area contributed by atoms with Crippen LogP contribution in [-0.4, -0.2) is 43.2 Å². The summed E-state index contributed by atoms with van der Waals surface area (Å²) in [5, 5.41) is 20.0. The molecule has 9 heteroatoms. The molecular weight excluding hydrogens is 432 g/mol. The van der Waals surface area contributed by atoms with Gasteiger partial charge in [0, 0.05) is 10.6 Å². The number of aliphatic hydroxyl groups is 1. The molecule has 2 atom stereocenters. The average molecular weight is 457 g/mol. The van der Waals surface area contributed by atoms with Crippen molar-refractivity contribution >= 4 is 39.1 Å². The molecule has 0 saturated heterocycles. The maximum Gasteiger partial charge on any atom is 0.268 e. The zero-order chi connectivity index (χ0) is 21.7. The summed E-state index contributed by atoms with van der Waals surface area (Å²) in [6, 6.07) is 7.41. The molecular formula is C22H24N4O3S2. The number of thiophene rings is 1. The van der Waals surface area contributed by atoms with E-state index < -0.39 is 6.10 Å². The second-order valence-corrected chi connectivity index (χ2v) is 10.2. The van der Waals surface area contributed by atoms with Gasteiger partial charge in [-0.2, -0.15) is 0 Å². The molecule has 1 aliphatic carbocycles. The van der Waals surface area contributed by atoms with Gasteiger partial charge in [0.25, 0.3) is 5.56 Å². The van der Waals surface area contributed by atoms with Crippen molar-refractivity contribution in [2.45, 2.75) is 44.4 Å². The lowest BCUT2D eigenvalue weighted by Gasteiger charge is -2.17. The molecule has 1 aliphatic rings. The highest BCUT2D eigenvalue weighted by Crippen LogP contribution is 2.38. The zero-order valence-electron chi connectivity index (χ0n) is 17.7. The Hall–Kier alpha value is -2.36. The van der Waals surface area contributed by atoms with E-state index in [0.717, 1.165) is 40.9 Å². The van der Waals surface area contributed by atoms with Gasteiger partial charge in [0.2, 0.25) is 5.78 Å². The van der Waals surface area contributed by atoms with E-state index >= 15 is 0 Å². The first-order valence-corrected chi connectivity index (χ1v) is 12.2. The molecule has 0 fully saturated rings. The summed E-state index contributed by atoms with van der Waals surface area (Å²) in [5.74, 6) is 2.34. The maximum absolute atomic E-state index is 13.8. The molecule has 3 aromatic heterocycles. The first kappa shape index (κ1) is 20.5. The molecule has 0 aliphatic heterocycles. The van der Waals surface area contributed by atoms with Gasteiger partial charge in [-0.1, -0.05) is 18.7 Å². The van der Waals surface area contributed by atoms with Crippen molar-refractivity contribution in [1.29, 1.82) is 0 Å². The SMILES string of the molecule is COc1ccc(-n2c(=O)c3c4c(sc3n3c(SCC(C)O)nnc23)CC(C)CC4)cc1. The van der Waals surface area contributed by atoms with Gasteiger partial charge in [0.1, 0.15) is 10.6 Å². The second kappa shape index (κ2) is 7.96. The summed E-state index contributed by atoms with van der Waals surface area (Å²) >= 11 is 3.14. The number of rotatable bonds is 5. The highest BCUT2D eigenvalue weighted by molar-refractivity contribution is 7.99. The molecule has 31 heavy (non-hydrogen) atoms. The standard InChI is InChI=1S/C22H24N4O3S2/c1-12-4-9-16-17(10-12)31-20-18(16)19(28)25(14-5-7-15(29-3)8-6-14)21-23-24-22(26(20)21)30-11-13(2)27/h5-8,12-13,27H,4,9-11H2,1-3H3. The normalized spacial score (nSPS) is 17.2. The average Bonchev–Trinajstić information content (AvgIpc) is 3.33. The van der Waals surface area contributed by atoms with Crippen LogP contribution in [0.3, 0.4) is 0 Å². The minimum absolute atomic E-state index is 0.0563. The zero-order valence-corrected chi connectivity index (χ0v) is 19.3. The van der Waals surface area contributed by atoms with Crippen molar-refractivity contribution in [3.05, 3.63) is 45.1 Å². The number of fused-ring (bicyclic) bond motifs is 5. The number of methoxy groups -OCH3 is 1. The van der Waals surface area contributed by atoms with Gasteiger partial charge in [-0.15, -0.1) is 21.5 Å². The van der Waals surface area contributed by atoms with Gasteiger partial charge in [-0.3, -0.25) is 4.79 Å². The Kier molecular flexibility index (Phi) is 5.27. The molecule has 0 amide bonds. The highest BCUT2D eigenvalue weighted by Gasteiger charge is 2.27. The first-order valence-electron chi connectivity index (χ1n) is 10.4. The lowest BCUT2D eigenvalue weighted by Crippen LogP contribution is -2.22. The van der Waals surface area contributed by atoms with Crippen LogP contribution in [-0.2, 0) is 12.8 Å². The molecule has 0 radical (unpaired) electrons. The summed E-state index contributed by atoms with van der Waals surface area (Å²) in [6.45, 7) is 4.02. The van der Waals surface area contributed by atoms with Gasteiger partial charge in [0.05, 0.1) is 24.3 Å². The number of nitrogens with zero attached hydrogens (tertiary/aromatic N) is 4. The molecule has 7 nitrogen and oxygen atoms in total. The fourth-order valence-corrected chi connectivity index (χ4v) is 6.50. The third-order valence-electron chi connectivity index (χ3n) is 5.71. The molecule has 5 rings (SSSR count). The Morgan fingerprint density at radius 1 is 1.32 bits per heavy atom. The summed E-state index contributed by atoms with van der Waals surface area (Å²) in [6.07, 6.45) is 2.54. The molecule has 0 saturated carbocycles. The van der Waals surface area contributed by atoms with Crippen molar-refractivity contribution in [1.82, 2.24) is 19.2 Å². The number of aryl methyl sites for hydroxylation is 1. The predicted octanol–water partition coefficient (Wildman–Crippen LogP) is 3.70. The van der Waals surface area contributed by atoms with Gasteiger partial charge in [0.15, 0.2) is 5.16 Å². The maximum atomic E-state index is 13.8. The van der Waals surface area contributed by atoms with Gasteiger partial charge in [-0.05, 0) is 61.9 Å². The highest BCUT2D eigenvalue weighted by atomic mass is 32.2. The third kappa shape index (κ3) is 3.44. The quantitative estimate of drug-likeness (QED) is 0.461. The van der Waals surface area contributed by atoms with E-state index in [0.29, 0.717) is 22.6 Å². The minimum atomic E-state index is -0.460. The molecule has 162 valence electrons. The fourth-order valence-electron chi connectivity index (χ4n) is 4.15. The van der Waals surface area contributed by atoms with Crippen LogP contribution in [0.4, 0.5) is 0 Å². The van der Waals surface area contributed by atoms with Crippen LogP contribution >= 0.6 is 23.1 Å². The molecule has 3 heterocycles. The summed E-state index contributed by atoms with van der Waals surface area (Å²) in [7, 11) is 1.62. The lowest BCUT2D eigenvalue weighted by atomic mass is 9.89. The molecule has 4 aromatic rings. The molecule has 2 unspecified atom stereocenters. The van der Waals surface area contributed by atoms with Gasteiger partial charge in [-0.25, -0.2) is 8.97 Å². The Bertz CT molecular complexity index is 1320. The fraction of sp³-hybridized carbons (Fsp3) is 0.409. The number of thioether (sulfide) groups is 1. The van der Waals surface area contributed by atoms with E-state index in [1.807, 2.05) is 28.7 Å². The summed E-state index contributed by atoms with van der Waals surface area (Å²) in [5.41, 5.74) is 1.84. The number of benzene rings is 1. The van der Waals surface area contributed by atoms with Crippen molar-refractivity contribution in [2.24, 2.45) is 5.92 Å². The van der Waals surface area contributed by atoms with Crippen LogP contribution in [0.1, 0.15) is 30.7 Å². The van der Waals surface area contributed by atoms with E-state index in [1.165, 1.54) is 22.2 Å². The van der Waals surface area contributed by atoms with Crippen LogP contribution in [0.15, 0.2) is 34.2 Å². The Balaban J connectivity index is 1.83. The smallest absolute Gasteiger partial charge is 0.268 e. The second-order valence-electron chi connectivity index (χ2n) is 8.15. The molecule has 0 bridgehead atoms. The first-order chi connectivity index (χ1) is 15.0. The Morgan fingerprint density at radius 3 is 2.81 bits per heavy atom. The van der Waals surface area contributed by atoms with E-state index in [-0.39, 0.29) is 5.56 Å². The number of ether oxygens (including phenoxy) is 1. The van der Waals surface area contributed by atoms with Crippen molar-refractivity contribution < 1.29 is 9.84 Å². The Morgan fingerprint density at radius 2 is 2.10 bits per heavy atom. The minimum Gasteiger partial charge on any atom is -0.497 e. The van der Waals surface area contributed by atoms with Crippen LogP contribution in [0.5, 0.6) is 5.75 Å². The molecule has 0 spiro atoms. The largest absolute Gasteiger partial charge is 0.497 e. The number of aliphatic hydroxyl groups excluding tert-OH is 1. The number of aromatic nitrogens is 4. The van der Waals surface area contributed by atoms with Crippen molar-refractivity contribution in [3.63, 3.8) is 0 Å². The Labute approximate surface area is 187 Å².